The zero-order valence-corrected chi connectivity index (χ0v) is 24.0. The van der Waals surface area contributed by atoms with Crippen molar-refractivity contribution in [1.29, 1.82) is 0 Å². The molecule has 1 amide bonds. The van der Waals surface area contributed by atoms with Crippen LogP contribution in [0.2, 0.25) is 5.15 Å². The predicted molar refractivity (Wildman–Crippen MR) is 157 cm³/mol. The van der Waals surface area contributed by atoms with Crippen LogP contribution in [-0.4, -0.2) is 51.2 Å². The molecule has 3 rings (SSSR count). The van der Waals surface area contributed by atoms with Crippen LogP contribution in [0.25, 0.3) is 11.1 Å². The van der Waals surface area contributed by atoms with Gasteiger partial charge in [0.1, 0.15) is 11.5 Å². The predicted octanol–water partition coefficient (Wildman–Crippen LogP) is 4.72. The fourth-order valence-corrected chi connectivity index (χ4v) is 4.43. The van der Waals surface area contributed by atoms with Gasteiger partial charge in [-0.05, 0) is 42.4 Å². The molecule has 224 valence electrons. The van der Waals surface area contributed by atoms with Gasteiger partial charge in [0.25, 0.3) is 5.09 Å². The molecule has 0 unspecified atom stereocenters. The Morgan fingerprint density at radius 2 is 1.86 bits per heavy atom. The SMILES string of the molecule is CCCCc1nc(Cl)c(C=O)n1Cc1ccc(-c2ccccc2/C(N)=N/N(N)C(=O)OCCCCCO[N+](=O)[O-])cc1. The third kappa shape index (κ3) is 9.01. The quantitative estimate of drug-likeness (QED) is 0.0344. The number of halogens is 1. The van der Waals surface area contributed by atoms with Crippen molar-refractivity contribution < 1.29 is 24.3 Å². The number of amides is 1. The molecule has 0 bridgehead atoms. The summed E-state index contributed by atoms with van der Waals surface area (Å²) in [5, 5.41) is 14.0. The number of hydrogen-bond acceptors (Lipinski definition) is 9. The summed E-state index contributed by atoms with van der Waals surface area (Å²) in [5.41, 5.74) is 9.72. The molecule has 0 atom stereocenters. The maximum atomic E-state index is 12.2. The minimum atomic E-state index is -0.895. The number of aromatic nitrogens is 2. The number of benzene rings is 2. The lowest BCUT2D eigenvalue weighted by Gasteiger charge is -2.14. The molecule has 0 aliphatic carbocycles. The van der Waals surface area contributed by atoms with E-state index in [1.807, 2.05) is 41.0 Å². The van der Waals surface area contributed by atoms with Crippen LogP contribution in [0.3, 0.4) is 0 Å². The van der Waals surface area contributed by atoms with Crippen molar-refractivity contribution in [1.82, 2.24) is 14.7 Å². The highest BCUT2D eigenvalue weighted by molar-refractivity contribution is 6.31. The summed E-state index contributed by atoms with van der Waals surface area (Å²) in [6.45, 7) is 2.57. The van der Waals surface area contributed by atoms with Gasteiger partial charge in [-0.1, -0.05) is 73.5 Å². The molecule has 1 aromatic heterocycles. The second-order valence-corrected chi connectivity index (χ2v) is 9.67. The summed E-state index contributed by atoms with van der Waals surface area (Å²) in [6, 6.07) is 15.0. The first kappa shape index (κ1) is 32.0. The van der Waals surface area contributed by atoms with Crippen LogP contribution in [0.15, 0.2) is 53.6 Å². The van der Waals surface area contributed by atoms with Crippen LogP contribution in [0.1, 0.15) is 66.5 Å². The summed E-state index contributed by atoms with van der Waals surface area (Å²) in [7, 11) is 0. The number of imidazole rings is 1. The molecule has 0 saturated heterocycles. The molecular formula is C28H34ClN7O6. The number of unbranched alkanes of at least 4 members (excludes halogenated alkanes) is 3. The first-order valence-electron chi connectivity index (χ1n) is 13.5. The number of hydrazine groups is 1. The highest BCUT2D eigenvalue weighted by Crippen LogP contribution is 2.25. The van der Waals surface area contributed by atoms with E-state index < -0.39 is 11.2 Å². The van der Waals surface area contributed by atoms with Crippen molar-refractivity contribution in [3.05, 3.63) is 86.4 Å². The van der Waals surface area contributed by atoms with Crippen molar-refractivity contribution in [2.45, 2.75) is 52.0 Å². The molecule has 13 nitrogen and oxygen atoms in total. The fraction of sp³-hybridized carbons (Fsp3) is 0.357. The van der Waals surface area contributed by atoms with E-state index in [4.69, 9.17) is 27.9 Å². The number of aldehydes is 1. The molecule has 0 aliphatic rings. The Bertz CT molecular complexity index is 1390. The van der Waals surface area contributed by atoms with Crippen LogP contribution >= 0.6 is 11.6 Å². The molecule has 2 aromatic carbocycles. The fourth-order valence-electron chi connectivity index (χ4n) is 4.18. The maximum absolute atomic E-state index is 12.2. The number of amidine groups is 1. The normalized spacial score (nSPS) is 11.3. The van der Waals surface area contributed by atoms with E-state index in [9.17, 15) is 19.7 Å². The number of hydrazone groups is 1. The topological polar surface area (TPSA) is 181 Å². The van der Waals surface area contributed by atoms with Gasteiger partial charge in [0.2, 0.25) is 0 Å². The van der Waals surface area contributed by atoms with Gasteiger partial charge in [0.15, 0.2) is 17.3 Å². The lowest BCUT2D eigenvalue weighted by atomic mass is 9.98. The smallest absolute Gasteiger partial charge is 0.445 e. The number of rotatable bonds is 16. The molecule has 3 aromatic rings. The summed E-state index contributed by atoms with van der Waals surface area (Å²) in [4.78, 5) is 42.6. The number of hydrogen-bond donors (Lipinski definition) is 2. The monoisotopic (exact) mass is 599 g/mol. The first-order valence-corrected chi connectivity index (χ1v) is 13.8. The van der Waals surface area contributed by atoms with E-state index in [1.165, 1.54) is 0 Å². The summed E-state index contributed by atoms with van der Waals surface area (Å²) < 4.78 is 6.93. The van der Waals surface area contributed by atoms with Crippen LogP contribution in [-0.2, 0) is 22.5 Å². The maximum Gasteiger partial charge on any atom is 0.445 e. The Labute approximate surface area is 248 Å². The zero-order valence-electron chi connectivity index (χ0n) is 23.3. The molecule has 0 radical (unpaired) electrons. The van der Waals surface area contributed by atoms with Crippen LogP contribution in [0, 0.1) is 10.1 Å². The van der Waals surface area contributed by atoms with E-state index in [2.05, 4.69) is 21.8 Å². The number of carbonyl (C=O) groups excluding carboxylic acids is 2. The Kier molecular flexibility index (Phi) is 12.3. The second-order valence-electron chi connectivity index (χ2n) is 9.32. The third-order valence-electron chi connectivity index (χ3n) is 6.33. The lowest BCUT2D eigenvalue weighted by Crippen LogP contribution is -2.36. The van der Waals surface area contributed by atoms with Gasteiger partial charge in [0, 0.05) is 18.5 Å². The molecule has 1 heterocycles. The van der Waals surface area contributed by atoms with Crippen molar-refractivity contribution in [2.75, 3.05) is 13.2 Å². The Morgan fingerprint density at radius 3 is 2.55 bits per heavy atom. The minimum Gasteiger partial charge on any atom is -0.447 e. The first-order chi connectivity index (χ1) is 20.2. The van der Waals surface area contributed by atoms with Crippen LogP contribution < -0.4 is 11.6 Å². The van der Waals surface area contributed by atoms with Gasteiger partial charge < -0.3 is 19.9 Å². The molecule has 0 spiro atoms. The van der Waals surface area contributed by atoms with E-state index in [0.29, 0.717) is 42.2 Å². The number of aryl methyl sites for hydroxylation is 1. The van der Waals surface area contributed by atoms with Gasteiger partial charge >= 0.3 is 6.09 Å². The molecular weight excluding hydrogens is 566 g/mol. The average Bonchev–Trinajstić information content (AvgIpc) is 3.28. The summed E-state index contributed by atoms with van der Waals surface area (Å²) in [6.07, 6.45) is 3.98. The van der Waals surface area contributed by atoms with E-state index in [-0.39, 0.29) is 24.2 Å². The van der Waals surface area contributed by atoms with Crippen LogP contribution in [0.4, 0.5) is 4.79 Å². The molecule has 0 aliphatic heterocycles. The third-order valence-corrected chi connectivity index (χ3v) is 6.61. The van der Waals surface area contributed by atoms with E-state index in [0.717, 1.165) is 48.1 Å². The van der Waals surface area contributed by atoms with E-state index >= 15 is 0 Å². The summed E-state index contributed by atoms with van der Waals surface area (Å²) in [5.74, 6) is 6.54. The molecule has 4 N–H and O–H groups in total. The number of carbonyl (C=O) groups is 2. The number of nitrogens with zero attached hydrogens (tertiary/aromatic N) is 5. The number of ether oxygens (including phenoxy) is 1. The highest BCUT2D eigenvalue weighted by atomic mass is 35.5. The second kappa shape index (κ2) is 16.1. The molecule has 0 fully saturated rings. The molecule has 0 saturated carbocycles. The van der Waals surface area contributed by atoms with Crippen molar-refractivity contribution >= 4 is 29.8 Å². The molecule has 42 heavy (non-hydrogen) atoms. The molecule has 14 heteroatoms. The van der Waals surface area contributed by atoms with Crippen LogP contribution in [0.5, 0.6) is 0 Å². The van der Waals surface area contributed by atoms with E-state index in [1.54, 1.807) is 12.1 Å². The van der Waals surface area contributed by atoms with Gasteiger partial charge in [-0.25, -0.2) is 15.6 Å². The largest absolute Gasteiger partial charge is 0.447 e. The summed E-state index contributed by atoms with van der Waals surface area (Å²) >= 11 is 6.21. The van der Waals surface area contributed by atoms with Gasteiger partial charge in [-0.3, -0.25) is 4.79 Å². The Morgan fingerprint density at radius 1 is 1.14 bits per heavy atom. The average molecular weight is 600 g/mol. The Balaban J connectivity index is 1.67. The van der Waals surface area contributed by atoms with Crippen molar-refractivity contribution in [3.8, 4) is 11.1 Å². The minimum absolute atomic E-state index is 0.00954. The Hall–Kier alpha value is -4.49. The van der Waals surface area contributed by atoms with Gasteiger partial charge in [0.05, 0.1) is 13.2 Å². The number of nitrogens with two attached hydrogens (primary N) is 2. The van der Waals surface area contributed by atoms with Crippen molar-refractivity contribution in [2.24, 2.45) is 16.7 Å². The van der Waals surface area contributed by atoms with Gasteiger partial charge in [-0.15, -0.1) is 20.3 Å². The zero-order chi connectivity index (χ0) is 30.5. The highest BCUT2D eigenvalue weighted by Gasteiger charge is 2.17. The van der Waals surface area contributed by atoms with Crippen molar-refractivity contribution in [3.63, 3.8) is 0 Å². The standard InChI is InChI=1S/C28H34ClN7O6/c1-2-3-11-25-32-26(29)24(19-37)34(25)18-20-12-14-21(15-13-20)22-9-5-6-10-23(22)27(30)33-35(31)28(38)41-16-7-4-8-17-42-36(39)40/h5-6,9-10,12-15,19H,2-4,7-8,11,16-18,31H2,1H3,(H2,30,33). The lowest BCUT2D eigenvalue weighted by molar-refractivity contribution is -0.757. The van der Waals surface area contributed by atoms with Gasteiger partial charge in [-0.2, -0.15) is 0 Å².